The molecule has 0 aromatic heterocycles. The normalized spacial score (nSPS) is 24.9. The van der Waals surface area contributed by atoms with E-state index in [0.717, 1.165) is 0 Å². The standard InChI is InChI=1S/C37H54B2F2N4O5/c1-25(42-15-19-44(20-16-42)31-13-11-27(23-29(31)40)38-47-34(3,4)35(5,6)48-38)33(46)26(2)43-17-21-45(22-18-43)32-14-12-28(24-30(32)41)39-49-36(7,8)37(9,10)50-39/h11-14,23-26H,15-22H2,1-10H3. The van der Waals surface area contributed by atoms with Crippen molar-refractivity contribution in [2.24, 2.45) is 0 Å². The lowest BCUT2D eigenvalue weighted by Gasteiger charge is -2.42. The summed E-state index contributed by atoms with van der Waals surface area (Å²) in [7, 11) is -1.23. The summed E-state index contributed by atoms with van der Waals surface area (Å²) in [5.41, 5.74) is 0.458. The van der Waals surface area contributed by atoms with Crippen molar-refractivity contribution in [3.8, 4) is 0 Å². The van der Waals surface area contributed by atoms with Gasteiger partial charge < -0.3 is 28.4 Å². The number of nitrogens with zero attached hydrogens (tertiary/aromatic N) is 4. The van der Waals surface area contributed by atoms with Crippen molar-refractivity contribution in [2.45, 2.75) is 104 Å². The molecule has 4 aliphatic heterocycles. The second kappa shape index (κ2) is 13.5. The first-order valence-electron chi connectivity index (χ1n) is 18.1. The number of rotatable bonds is 8. The zero-order valence-corrected chi connectivity index (χ0v) is 31.5. The predicted octanol–water partition coefficient (Wildman–Crippen LogP) is 3.85. The molecular weight excluding hydrogens is 640 g/mol. The number of halogens is 2. The van der Waals surface area contributed by atoms with Crippen molar-refractivity contribution in [1.82, 2.24) is 9.80 Å². The minimum absolute atomic E-state index is 0.169. The first-order chi connectivity index (χ1) is 23.3. The van der Waals surface area contributed by atoms with Crippen molar-refractivity contribution in [2.75, 3.05) is 62.2 Å². The lowest BCUT2D eigenvalue weighted by molar-refractivity contribution is -0.128. The summed E-state index contributed by atoms with van der Waals surface area (Å²) in [5.74, 6) is -0.436. The van der Waals surface area contributed by atoms with Crippen molar-refractivity contribution in [3.05, 3.63) is 48.0 Å². The molecule has 0 aliphatic carbocycles. The molecule has 0 radical (unpaired) electrons. The summed E-state index contributed by atoms with van der Waals surface area (Å²) in [4.78, 5) is 22.2. The second-order valence-electron chi connectivity index (χ2n) is 16.4. The highest BCUT2D eigenvalue weighted by Gasteiger charge is 2.53. The van der Waals surface area contributed by atoms with Crippen LogP contribution in [0.15, 0.2) is 36.4 Å². The molecule has 13 heteroatoms. The highest BCUT2D eigenvalue weighted by atomic mass is 19.1. The summed E-state index contributed by atoms with van der Waals surface area (Å²) in [6.07, 6.45) is 0. The van der Waals surface area contributed by atoms with E-state index in [0.29, 0.717) is 74.7 Å². The zero-order chi connectivity index (χ0) is 36.4. The maximum Gasteiger partial charge on any atom is 0.494 e. The Hall–Kier alpha value is -2.54. The van der Waals surface area contributed by atoms with Crippen molar-refractivity contribution in [1.29, 1.82) is 0 Å². The third-order valence-electron chi connectivity index (χ3n) is 12.2. The number of Topliss-reactive ketones (excluding diaryl/α,β-unsaturated/α-hetero) is 1. The van der Waals surface area contributed by atoms with Crippen LogP contribution in [0.1, 0.15) is 69.2 Å². The molecule has 0 N–H and O–H groups in total. The van der Waals surface area contributed by atoms with Crippen LogP contribution in [0.25, 0.3) is 0 Å². The minimum atomic E-state index is -0.613. The molecule has 2 unspecified atom stereocenters. The van der Waals surface area contributed by atoms with Crippen LogP contribution in [-0.4, -0.2) is 117 Å². The van der Waals surface area contributed by atoms with Crippen LogP contribution in [0.5, 0.6) is 0 Å². The van der Waals surface area contributed by atoms with Gasteiger partial charge in [0.25, 0.3) is 0 Å². The van der Waals surface area contributed by atoms with Gasteiger partial charge in [0, 0.05) is 52.4 Å². The number of benzene rings is 2. The van der Waals surface area contributed by atoms with Crippen LogP contribution in [0.3, 0.4) is 0 Å². The maximum atomic E-state index is 15.4. The van der Waals surface area contributed by atoms with Crippen LogP contribution in [0.4, 0.5) is 20.2 Å². The van der Waals surface area contributed by atoms with E-state index in [2.05, 4.69) is 9.80 Å². The Bertz CT molecular complexity index is 1430. The molecule has 0 bridgehead atoms. The van der Waals surface area contributed by atoms with Crippen molar-refractivity contribution in [3.63, 3.8) is 0 Å². The SMILES string of the molecule is CC(C(=O)C(C)N1CCN(c2ccc(B3OC(C)(C)C(C)(C)O3)cc2F)CC1)N1CCN(c2ccc(B3OC(C)(C)C(C)(C)O3)cc2F)CC1. The van der Waals surface area contributed by atoms with Crippen LogP contribution < -0.4 is 20.7 Å². The fourth-order valence-corrected chi connectivity index (χ4v) is 7.22. The molecule has 2 aromatic rings. The minimum Gasteiger partial charge on any atom is -0.399 e. The molecule has 0 spiro atoms. The number of carbonyl (C=O) groups excluding carboxylic acids is 1. The Kier molecular flexibility index (Phi) is 10.0. The van der Waals surface area contributed by atoms with E-state index in [1.54, 1.807) is 0 Å². The van der Waals surface area contributed by atoms with Gasteiger partial charge in [-0.05, 0) is 104 Å². The molecule has 0 amide bonds. The number of hydrogen-bond acceptors (Lipinski definition) is 9. The molecule has 50 heavy (non-hydrogen) atoms. The molecule has 4 fully saturated rings. The number of anilines is 2. The first kappa shape index (κ1) is 37.2. The Morgan fingerprint density at radius 2 is 0.880 bits per heavy atom. The number of carbonyl (C=O) groups is 1. The van der Waals surface area contributed by atoms with E-state index >= 15 is 8.78 Å². The third-order valence-corrected chi connectivity index (χ3v) is 12.2. The number of ketones is 1. The molecule has 272 valence electrons. The van der Waals surface area contributed by atoms with E-state index in [4.69, 9.17) is 18.6 Å². The number of piperazine rings is 2. The fourth-order valence-electron chi connectivity index (χ4n) is 7.22. The van der Waals surface area contributed by atoms with Gasteiger partial charge in [0.2, 0.25) is 0 Å². The monoisotopic (exact) mass is 694 g/mol. The van der Waals surface area contributed by atoms with Gasteiger partial charge in [-0.2, -0.15) is 0 Å². The Labute approximate surface area is 297 Å². The van der Waals surface area contributed by atoms with Gasteiger partial charge in [-0.1, -0.05) is 12.1 Å². The summed E-state index contributed by atoms with van der Waals surface area (Å²) >= 11 is 0. The molecule has 0 saturated carbocycles. The van der Waals surface area contributed by atoms with Crippen LogP contribution >= 0.6 is 0 Å². The van der Waals surface area contributed by atoms with E-state index in [1.807, 2.05) is 103 Å². The largest absolute Gasteiger partial charge is 0.494 e. The van der Waals surface area contributed by atoms with E-state index < -0.39 is 36.6 Å². The molecule has 4 aliphatic rings. The summed E-state index contributed by atoms with van der Waals surface area (Å²) in [5, 5.41) is 0. The van der Waals surface area contributed by atoms with Gasteiger partial charge in [-0.25, -0.2) is 8.78 Å². The van der Waals surface area contributed by atoms with Gasteiger partial charge in [0.1, 0.15) is 11.6 Å². The van der Waals surface area contributed by atoms with Gasteiger partial charge in [-0.15, -0.1) is 0 Å². The summed E-state index contributed by atoms with van der Waals surface area (Å²) in [6, 6.07) is 9.88. The molecule has 4 heterocycles. The first-order valence-corrected chi connectivity index (χ1v) is 18.1. The van der Waals surface area contributed by atoms with Gasteiger partial charge in [0.15, 0.2) is 5.78 Å². The lowest BCUT2D eigenvalue weighted by Crippen LogP contribution is -2.57. The zero-order valence-electron chi connectivity index (χ0n) is 31.5. The predicted molar refractivity (Wildman–Crippen MR) is 196 cm³/mol. The molecule has 9 nitrogen and oxygen atoms in total. The van der Waals surface area contributed by atoms with E-state index in [-0.39, 0.29) is 29.5 Å². The quantitative estimate of drug-likeness (QED) is 0.384. The fraction of sp³-hybridized carbons (Fsp3) is 0.649. The van der Waals surface area contributed by atoms with E-state index in [9.17, 15) is 4.79 Å². The molecule has 6 rings (SSSR count). The maximum absolute atomic E-state index is 15.4. The molecule has 4 saturated heterocycles. The Morgan fingerprint density at radius 1 is 0.580 bits per heavy atom. The number of hydrogen-bond donors (Lipinski definition) is 0. The molecule has 2 atom stereocenters. The van der Waals surface area contributed by atoms with Gasteiger partial charge in [-0.3, -0.25) is 14.6 Å². The molecular formula is C37H54B2F2N4O5. The van der Waals surface area contributed by atoms with Crippen LogP contribution in [-0.2, 0) is 23.4 Å². The second-order valence-corrected chi connectivity index (χ2v) is 16.4. The average molecular weight is 694 g/mol. The smallest absolute Gasteiger partial charge is 0.399 e. The Balaban J connectivity index is 0.987. The van der Waals surface area contributed by atoms with Crippen LogP contribution in [0.2, 0.25) is 0 Å². The Morgan fingerprint density at radius 3 is 1.16 bits per heavy atom. The van der Waals surface area contributed by atoms with Gasteiger partial charge in [0.05, 0.1) is 45.9 Å². The summed E-state index contributed by atoms with van der Waals surface area (Å²) < 4.78 is 55.2. The van der Waals surface area contributed by atoms with Crippen LogP contribution in [0, 0.1) is 11.6 Å². The average Bonchev–Trinajstić information content (AvgIpc) is 3.43. The highest BCUT2D eigenvalue weighted by Crippen LogP contribution is 2.38. The molecule has 2 aromatic carbocycles. The van der Waals surface area contributed by atoms with E-state index in [1.165, 1.54) is 12.1 Å². The highest BCUT2D eigenvalue weighted by molar-refractivity contribution is 6.62. The van der Waals surface area contributed by atoms with Gasteiger partial charge >= 0.3 is 14.2 Å². The van der Waals surface area contributed by atoms with Crippen molar-refractivity contribution >= 4 is 42.3 Å². The summed E-state index contributed by atoms with van der Waals surface area (Å²) in [6.45, 7) is 24.9. The topological polar surface area (TPSA) is 67.0 Å². The lowest BCUT2D eigenvalue weighted by atomic mass is 9.79. The van der Waals surface area contributed by atoms with Crippen molar-refractivity contribution < 1.29 is 32.2 Å². The third kappa shape index (κ3) is 6.98.